The van der Waals surface area contributed by atoms with Crippen LogP contribution in [0.2, 0.25) is 0 Å². The van der Waals surface area contributed by atoms with E-state index in [-0.39, 0.29) is 12.5 Å². The van der Waals surface area contributed by atoms with Crippen molar-refractivity contribution >= 4 is 34.3 Å². The lowest BCUT2D eigenvalue weighted by atomic mass is 9.82. The molecule has 2 amide bonds. The maximum absolute atomic E-state index is 13.9. The van der Waals surface area contributed by atoms with Gasteiger partial charge in [0.2, 0.25) is 11.7 Å². The number of nitrogens with one attached hydrogen (secondary N) is 2. The summed E-state index contributed by atoms with van der Waals surface area (Å²) in [6.07, 6.45) is -1.47. The Bertz CT molecular complexity index is 1160. The minimum absolute atomic E-state index is 0.151. The van der Waals surface area contributed by atoms with Gasteiger partial charge in [-0.2, -0.15) is 0 Å². The quantitative estimate of drug-likeness (QED) is 0.358. The van der Waals surface area contributed by atoms with Crippen LogP contribution in [-0.4, -0.2) is 54.5 Å². The highest BCUT2D eigenvalue weighted by Crippen LogP contribution is 2.26. The minimum Gasteiger partial charge on any atom is -0.458 e. The van der Waals surface area contributed by atoms with Gasteiger partial charge in [0.1, 0.15) is 11.6 Å². The van der Waals surface area contributed by atoms with E-state index in [1.54, 1.807) is 55.4 Å². The van der Waals surface area contributed by atoms with Crippen molar-refractivity contribution in [2.75, 3.05) is 7.05 Å². The van der Waals surface area contributed by atoms with E-state index in [9.17, 15) is 19.2 Å². The van der Waals surface area contributed by atoms with E-state index >= 15 is 0 Å². The Morgan fingerprint density at radius 1 is 0.895 bits per heavy atom. The number of ether oxygens (including phenoxy) is 2. The summed E-state index contributed by atoms with van der Waals surface area (Å²) < 4.78 is 11.6. The number of likely N-dealkylation sites (N-methyl/N-ethyl adjacent to an activating group) is 1. The van der Waals surface area contributed by atoms with Crippen LogP contribution in [0.5, 0.6) is 0 Å². The van der Waals surface area contributed by atoms with Crippen LogP contribution in [0.3, 0.4) is 0 Å². The van der Waals surface area contributed by atoms with Gasteiger partial charge in [-0.25, -0.2) is 4.79 Å². The number of esters is 1. The average molecular weight is 527 g/mol. The fourth-order valence-electron chi connectivity index (χ4n) is 4.10. The molecule has 8 heteroatoms. The summed E-state index contributed by atoms with van der Waals surface area (Å²) in [5.74, 6) is -3.85. The fourth-order valence-corrected chi connectivity index (χ4v) is 4.10. The monoisotopic (exact) mass is 526 g/mol. The molecule has 0 aliphatic rings. The van der Waals surface area contributed by atoms with Crippen molar-refractivity contribution in [2.24, 2.45) is 11.3 Å². The molecule has 38 heavy (non-hydrogen) atoms. The van der Waals surface area contributed by atoms with E-state index < -0.39 is 52.6 Å². The lowest BCUT2D eigenvalue weighted by Crippen LogP contribution is -2.57. The van der Waals surface area contributed by atoms with E-state index in [1.807, 2.05) is 42.5 Å². The number of fused-ring (bicyclic) bond motifs is 1. The number of hydrogen-bond acceptors (Lipinski definition) is 6. The van der Waals surface area contributed by atoms with Crippen LogP contribution in [0, 0.1) is 11.3 Å². The van der Waals surface area contributed by atoms with E-state index in [0.29, 0.717) is 0 Å². The number of carbonyl (C=O) groups excluding carboxylic acids is 4. The molecule has 2 N–H and O–H groups in total. The minimum atomic E-state index is -1.24. The molecule has 0 bridgehead atoms. The highest BCUT2D eigenvalue weighted by Gasteiger charge is 2.42. The van der Waals surface area contributed by atoms with Gasteiger partial charge in [-0.15, -0.1) is 0 Å². The van der Waals surface area contributed by atoms with Gasteiger partial charge in [-0.05, 0) is 62.8 Å². The number of carbonyl (C=O) groups is 4. The van der Waals surface area contributed by atoms with E-state index in [2.05, 4.69) is 10.6 Å². The third kappa shape index (κ3) is 8.65. The maximum Gasteiger partial charge on any atom is 0.336 e. The van der Waals surface area contributed by atoms with Crippen LogP contribution in [0.1, 0.15) is 61.0 Å². The average Bonchev–Trinajstić information content (AvgIpc) is 2.81. The first-order chi connectivity index (χ1) is 17.5. The Kier molecular flexibility index (Phi) is 10.2. The second-order valence-electron chi connectivity index (χ2n) is 11.9. The number of Topliss-reactive ketones (excluding diaryl/α,β-unsaturated/α-hetero) is 1. The zero-order valence-corrected chi connectivity index (χ0v) is 24.0. The molecule has 2 rings (SSSR count). The van der Waals surface area contributed by atoms with Gasteiger partial charge in [-0.1, -0.05) is 63.2 Å². The molecule has 0 fully saturated rings. The van der Waals surface area contributed by atoms with Crippen LogP contribution in [-0.2, 0) is 35.1 Å². The predicted octanol–water partition coefficient (Wildman–Crippen LogP) is 3.98. The van der Waals surface area contributed by atoms with Crippen molar-refractivity contribution in [2.45, 2.75) is 85.7 Å². The van der Waals surface area contributed by atoms with Crippen molar-refractivity contribution in [3.8, 4) is 0 Å². The zero-order chi connectivity index (χ0) is 28.8. The van der Waals surface area contributed by atoms with Crippen molar-refractivity contribution in [1.82, 2.24) is 10.6 Å². The van der Waals surface area contributed by atoms with Gasteiger partial charge < -0.3 is 20.1 Å². The Balaban J connectivity index is 2.55. The molecule has 2 aromatic carbocycles. The molecule has 0 saturated carbocycles. The topological polar surface area (TPSA) is 111 Å². The zero-order valence-electron chi connectivity index (χ0n) is 24.0. The predicted molar refractivity (Wildman–Crippen MR) is 147 cm³/mol. The first-order valence-corrected chi connectivity index (χ1v) is 13.0. The van der Waals surface area contributed by atoms with Crippen molar-refractivity contribution in [3.05, 3.63) is 48.0 Å². The standard InChI is InChI=1S/C30H42N2O6/c1-18(2)37-24(28(36)38-30(6,7)8)22(17-19-14-15-20-12-10-11-13-21(20)16-19)26(34)32-25(29(3,4)5)23(33)27(35)31-9/h10-16,18,22,24-25H,17H2,1-9H3,(H,31,35)(H,32,34)/t22-,24+,25-/m1/s1. The first kappa shape index (κ1) is 31.0. The molecular weight excluding hydrogens is 484 g/mol. The van der Waals surface area contributed by atoms with Gasteiger partial charge in [0.25, 0.3) is 5.91 Å². The SMILES string of the molecule is CNC(=O)C(=O)[C@@H](NC(=O)[C@H](Cc1ccc2ccccc2c1)[C@H](OC(C)C)C(=O)OC(C)(C)C)C(C)(C)C. The molecule has 0 spiro atoms. The smallest absolute Gasteiger partial charge is 0.336 e. The van der Waals surface area contributed by atoms with Crippen LogP contribution < -0.4 is 10.6 Å². The Morgan fingerprint density at radius 3 is 2.03 bits per heavy atom. The summed E-state index contributed by atoms with van der Waals surface area (Å²) in [4.78, 5) is 52.4. The summed E-state index contributed by atoms with van der Waals surface area (Å²) in [5, 5.41) is 7.13. The molecule has 0 unspecified atom stereocenters. The Labute approximate surface area is 225 Å². The van der Waals surface area contributed by atoms with E-state index in [0.717, 1.165) is 16.3 Å². The summed E-state index contributed by atoms with van der Waals surface area (Å²) >= 11 is 0. The fraction of sp³-hybridized carbons (Fsp3) is 0.533. The molecule has 0 aliphatic carbocycles. The van der Waals surface area contributed by atoms with E-state index in [1.165, 1.54) is 7.05 Å². The van der Waals surface area contributed by atoms with Crippen LogP contribution >= 0.6 is 0 Å². The highest BCUT2D eigenvalue weighted by atomic mass is 16.6. The van der Waals surface area contributed by atoms with Crippen molar-refractivity contribution < 1.29 is 28.7 Å². The lowest BCUT2D eigenvalue weighted by Gasteiger charge is -2.34. The molecule has 2 aromatic rings. The van der Waals surface area contributed by atoms with Gasteiger partial charge in [0, 0.05) is 7.05 Å². The lowest BCUT2D eigenvalue weighted by molar-refractivity contribution is -0.178. The molecular formula is C30H42N2O6. The molecule has 0 saturated heterocycles. The molecule has 0 aliphatic heterocycles. The second-order valence-corrected chi connectivity index (χ2v) is 11.9. The third-order valence-electron chi connectivity index (χ3n) is 5.90. The van der Waals surface area contributed by atoms with E-state index in [4.69, 9.17) is 9.47 Å². The molecule has 3 atom stereocenters. The Hall–Kier alpha value is -3.26. The van der Waals surface area contributed by atoms with Gasteiger partial charge in [-0.3, -0.25) is 14.4 Å². The molecule has 0 aromatic heterocycles. The largest absolute Gasteiger partial charge is 0.458 e. The molecule has 8 nitrogen and oxygen atoms in total. The summed E-state index contributed by atoms with van der Waals surface area (Å²) in [7, 11) is 1.36. The Morgan fingerprint density at radius 2 is 1.50 bits per heavy atom. The number of hydrogen-bond donors (Lipinski definition) is 2. The third-order valence-corrected chi connectivity index (χ3v) is 5.90. The number of amides is 2. The summed E-state index contributed by atoms with van der Waals surface area (Å²) in [5.41, 5.74) is -0.759. The van der Waals surface area contributed by atoms with Gasteiger partial charge >= 0.3 is 5.97 Å². The number of ketones is 1. The first-order valence-electron chi connectivity index (χ1n) is 13.0. The molecule has 208 valence electrons. The highest BCUT2D eigenvalue weighted by molar-refractivity contribution is 6.38. The molecule has 0 heterocycles. The van der Waals surface area contributed by atoms with Crippen LogP contribution in [0.25, 0.3) is 10.8 Å². The maximum atomic E-state index is 13.9. The van der Waals surface area contributed by atoms with Crippen molar-refractivity contribution in [1.29, 1.82) is 0 Å². The van der Waals surface area contributed by atoms with Crippen LogP contribution in [0.4, 0.5) is 0 Å². The summed E-state index contributed by atoms with van der Waals surface area (Å²) in [6, 6.07) is 12.6. The summed E-state index contributed by atoms with van der Waals surface area (Å²) in [6.45, 7) is 14.0. The van der Waals surface area contributed by atoms with Crippen molar-refractivity contribution in [3.63, 3.8) is 0 Å². The number of rotatable bonds is 10. The van der Waals surface area contributed by atoms with Gasteiger partial charge in [0.15, 0.2) is 6.10 Å². The van der Waals surface area contributed by atoms with Gasteiger partial charge in [0.05, 0.1) is 12.0 Å². The van der Waals surface area contributed by atoms with Crippen LogP contribution in [0.15, 0.2) is 42.5 Å². The second kappa shape index (κ2) is 12.5. The normalized spacial score (nSPS) is 14.5. The number of benzene rings is 2. The molecule has 0 radical (unpaired) electrons.